The second kappa shape index (κ2) is 7.05. The summed E-state index contributed by atoms with van der Waals surface area (Å²) in [6.07, 6.45) is -3.76. The van der Waals surface area contributed by atoms with E-state index in [0.717, 1.165) is 18.6 Å². The molecule has 0 spiro atoms. The Bertz CT molecular complexity index is 989. The number of anilines is 1. The summed E-state index contributed by atoms with van der Waals surface area (Å²) in [7, 11) is -4.24. The molecule has 1 saturated heterocycles. The van der Waals surface area contributed by atoms with Gasteiger partial charge in [0, 0.05) is 18.7 Å². The summed E-state index contributed by atoms with van der Waals surface area (Å²) in [5.74, 6) is -0.296. The molecule has 27 heavy (non-hydrogen) atoms. The third kappa shape index (κ3) is 4.19. The van der Waals surface area contributed by atoms with Crippen LogP contribution in [-0.2, 0) is 16.2 Å². The Kier molecular flexibility index (Phi) is 5.09. The van der Waals surface area contributed by atoms with Crippen molar-refractivity contribution < 1.29 is 26.4 Å². The van der Waals surface area contributed by atoms with Crippen LogP contribution in [0.5, 0.6) is 0 Å². The molecule has 5 nitrogen and oxygen atoms in total. The molecule has 1 fully saturated rings. The summed E-state index contributed by atoms with van der Waals surface area (Å²) < 4.78 is 65.7. The van der Waals surface area contributed by atoms with Gasteiger partial charge in [0.2, 0.25) is 0 Å². The smallest absolute Gasteiger partial charge is 0.339 e. The Labute approximate surface area is 158 Å². The van der Waals surface area contributed by atoms with Gasteiger partial charge < -0.3 is 4.90 Å². The first kappa shape index (κ1) is 19.5. The zero-order chi connectivity index (χ0) is 19.8. The van der Waals surface area contributed by atoms with Crippen molar-refractivity contribution in [2.75, 3.05) is 17.8 Å². The molecule has 1 heterocycles. The van der Waals surface area contributed by atoms with Crippen LogP contribution in [0.4, 0.5) is 18.9 Å². The number of nitrogens with zero attached hydrogens (tertiary/aromatic N) is 1. The van der Waals surface area contributed by atoms with Gasteiger partial charge in [0.05, 0.1) is 21.2 Å². The highest BCUT2D eigenvalue weighted by molar-refractivity contribution is 7.92. The fraction of sp³-hybridized carbons (Fsp3) is 0.235. The molecule has 0 bridgehead atoms. The van der Waals surface area contributed by atoms with Crippen molar-refractivity contribution in [3.05, 3.63) is 58.6 Å². The van der Waals surface area contributed by atoms with Crippen LogP contribution < -0.4 is 4.72 Å². The van der Waals surface area contributed by atoms with E-state index in [1.807, 2.05) is 0 Å². The van der Waals surface area contributed by atoms with Gasteiger partial charge in [-0.1, -0.05) is 17.7 Å². The topological polar surface area (TPSA) is 66.5 Å². The molecule has 0 saturated carbocycles. The lowest BCUT2D eigenvalue weighted by Crippen LogP contribution is -2.42. The number of hydrogen-bond acceptors (Lipinski definition) is 3. The van der Waals surface area contributed by atoms with Crippen LogP contribution in [0.15, 0.2) is 47.4 Å². The molecule has 0 aromatic heterocycles. The number of nitrogens with one attached hydrogen (secondary N) is 1. The van der Waals surface area contributed by atoms with Gasteiger partial charge in [-0.2, -0.15) is 13.2 Å². The lowest BCUT2D eigenvalue weighted by Gasteiger charge is -2.31. The Morgan fingerprint density at radius 2 is 1.81 bits per heavy atom. The van der Waals surface area contributed by atoms with Crippen molar-refractivity contribution in [1.82, 2.24) is 4.90 Å². The first-order valence-corrected chi connectivity index (χ1v) is 9.73. The van der Waals surface area contributed by atoms with E-state index in [1.165, 1.54) is 24.3 Å². The molecule has 144 valence electrons. The molecule has 0 radical (unpaired) electrons. The van der Waals surface area contributed by atoms with E-state index in [0.29, 0.717) is 19.2 Å². The Hall–Kier alpha value is -2.26. The molecule has 10 heteroatoms. The number of carbonyl (C=O) groups excluding carboxylic acids is 1. The second-order valence-electron chi connectivity index (χ2n) is 5.97. The van der Waals surface area contributed by atoms with Crippen LogP contribution in [0.25, 0.3) is 0 Å². The molecule has 1 aliphatic heterocycles. The van der Waals surface area contributed by atoms with Crippen LogP contribution in [0.1, 0.15) is 22.3 Å². The van der Waals surface area contributed by atoms with Crippen LogP contribution in [0, 0.1) is 0 Å². The zero-order valence-electron chi connectivity index (χ0n) is 13.8. The number of halogens is 4. The van der Waals surface area contributed by atoms with Gasteiger partial charge in [0.1, 0.15) is 0 Å². The number of rotatable bonds is 4. The minimum Gasteiger partial charge on any atom is -0.339 e. The van der Waals surface area contributed by atoms with Gasteiger partial charge in [-0.3, -0.25) is 9.52 Å². The van der Waals surface area contributed by atoms with E-state index in [9.17, 15) is 26.4 Å². The number of sulfonamides is 1. The molecule has 2 aromatic carbocycles. The van der Waals surface area contributed by atoms with E-state index in [-0.39, 0.29) is 21.4 Å². The van der Waals surface area contributed by atoms with Crippen molar-refractivity contribution in [2.24, 2.45) is 0 Å². The summed E-state index contributed by atoms with van der Waals surface area (Å²) in [5, 5.41) is -0.181. The Morgan fingerprint density at radius 3 is 2.41 bits per heavy atom. The first-order valence-electron chi connectivity index (χ1n) is 7.87. The van der Waals surface area contributed by atoms with E-state index in [1.54, 1.807) is 4.90 Å². The van der Waals surface area contributed by atoms with E-state index in [4.69, 9.17) is 11.6 Å². The average molecular weight is 419 g/mol. The number of likely N-dealkylation sites (tertiary alicyclic amines) is 1. The first-order chi connectivity index (χ1) is 12.6. The molecule has 1 aliphatic rings. The second-order valence-corrected chi connectivity index (χ2v) is 8.06. The van der Waals surface area contributed by atoms with Gasteiger partial charge in [0.15, 0.2) is 0 Å². The van der Waals surface area contributed by atoms with Gasteiger partial charge in [-0.25, -0.2) is 8.42 Å². The SMILES string of the molecule is O=C(c1cccc(S(=O)(=O)Nc2cc(C(F)(F)F)ccc2Cl)c1)N1CCC1. The highest BCUT2D eigenvalue weighted by atomic mass is 35.5. The normalized spacial score (nSPS) is 14.6. The fourth-order valence-electron chi connectivity index (χ4n) is 2.48. The quantitative estimate of drug-likeness (QED) is 0.816. The maximum atomic E-state index is 12.8. The molecule has 0 atom stereocenters. The summed E-state index contributed by atoms with van der Waals surface area (Å²) >= 11 is 5.83. The minimum absolute atomic E-state index is 0.181. The van der Waals surface area contributed by atoms with Crippen LogP contribution in [0.2, 0.25) is 5.02 Å². The Morgan fingerprint density at radius 1 is 1.11 bits per heavy atom. The molecular formula is C17H14ClF3N2O3S. The third-order valence-corrected chi connectivity index (χ3v) is 5.77. The van der Waals surface area contributed by atoms with E-state index < -0.39 is 27.5 Å². The molecule has 1 N–H and O–H groups in total. The number of benzene rings is 2. The van der Waals surface area contributed by atoms with Gasteiger partial charge in [-0.15, -0.1) is 0 Å². The fourth-order valence-corrected chi connectivity index (χ4v) is 3.82. The molecule has 1 amide bonds. The molecule has 0 unspecified atom stereocenters. The lowest BCUT2D eigenvalue weighted by molar-refractivity contribution is -0.137. The third-order valence-electron chi connectivity index (χ3n) is 4.07. The maximum absolute atomic E-state index is 12.8. The summed E-state index contributed by atoms with van der Waals surface area (Å²) in [6.45, 7) is 1.21. The minimum atomic E-state index is -4.64. The molecule has 0 aliphatic carbocycles. The van der Waals surface area contributed by atoms with Gasteiger partial charge in [-0.05, 0) is 42.8 Å². The lowest BCUT2D eigenvalue weighted by atomic mass is 10.1. The van der Waals surface area contributed by atoms with Crippen molar-refractivity contribution >= 4 is 33.2 Å². The van der Waals surface area contributed by atoms with Gasteiger partial charge in [0.25, 0.3) is 15.9 Å². The summed E-state index contributed by atoms with van der Waals surface area (Å²) in [4.78, 5) is 13.6. The predicted octanol–water partition coefficient (Wildman–Crippen LogP) is 4.01. The number of alkyl halides is 3. The summed E-state index contributed by atoms with van der Waals surface area (Å²) in [6, 6.07) is 7.65. The molecule has 2 aromatic rings. The Balaban J connectivity index is 1.90. The zero-order valence-corrected chi connectivity index (χ0v) is 15.3. The van der Waals surface area contributed by atoms with Crippen molar-refractivity contribution in [1.29, 1.82) is 0 Å². The number of hydrogen-bond donors (Lipinski definition) is 1. The monoisotopic (exact) mass is 418 g/mol. The van der Waals surface area contributed by atoms with Crippen molar-refractivity contribution in [3.63, 3.8) is 0 Å². The van der Waals surface area contributed by atoms with Crippen molar-refractivity contribution in [2.45, 2.75) is 17.5 Å². The van der Waals surface area contributed by atoms with Crippen LogP contribution in [-0.4, -0.2) is 32.3 Å². The number of amides is 1. The van der Waals surface area contributed by atoms with Crippen LogP contribution in [0.3, 0.4) is 0 Å². The highest BCUT2D eigenvalue weighted by Gasteiger charge is 2.31. The highest BCUT2D eigenvalue weighted by Crippen LogP contribution is 2.34. The molecule has 3 rings (SSSR count). The predicted molar refractivity (Wildman–Crippen MR) is 94.2 cm³/mol. The van der Waals surface area contributed by atoms with E-state index >= 15 is 0 Å². The molecular weight excluding hydrogens is 405 g/mol. The average Bonchev–Trinajstić information content (AvgIpc) is 2.54. The van der Waals surface area contributed by atoms with Gasteiger partial charge >= 0.3 is 6.18 Å². The van der Waals surface area contributed by atoms with Crippen molar-refractivity contribution in [3.8, 4) is 0 Å². The largest absolute Gasteiger partial charge is 0.416 e. The van der Waals surface area contributed by atoms with Crippen LogP contribution >= 0.6 is 11.6 Å². The summed E-state index contributed by atoms with van der Waals surface area (Å²) in [5.41, 5.74) is -1.25. The number of carbonyl (C=O) groups is 1. The maximum Gasteiger partial charge on any atom is 0.416 e. The van der Waals surface area contributed by atoms with E-state index in [2.05, 4.69) is 4.72 Å². The standard InChI is InChI=1S/C17H14ClF3N2O3S/c18-14-6-5-12(17(19,20)21)10-15(14)22-27(25,26)13-4-1-3-11(9-13)16(24)23-7-2-8-23/h1,3-6,9-10,22H,2,7-8H2.